The summed E-state index contributed by atoms with van der Waals surface area (Å²) in [6.07, 6.45) is 1.17. The van der Waals surface area contributed by atoms with Gasteiger partial charge < -0.3 is 14.7 Å². The molecular formula is C15H24N2O2. The molecule has 2 rings (SSSR count). The predicted molar refractivity (Wildman–Crippen MR) is 76.6 cm³/mol. The zero-order valence-electron chi connectivity index (χ0n) is 12.1. The Labute approximate surface area is 115 Å². The third-order valence-corrected chi connectivity index (χ3v) is 3.84. The van der Waals surface area contributed by atoms with E-state index in [9.17, 15) is 5.11 Å². The van der Waals surface area contributed by atoms with Crippen LogP contribution in [0.25, 0.3) is 0 Å². The fraction of sp³-hybridized carbons (Fsp3) is 0.600. The van der Waals surface area contributed by atoms with Gasteiger partial charge in [-0.3, -0.25) is 4.90 Å². The van der Waals surface area contributed by atoms with Gasteiger partial charge in [0.2, 0.25) is 0 Å². The number of hydrogen-bond acceptors (Lipinski definition) is 4. The average Bonchev–Trinajstić information content (AvgIpc) is 2.54. The number of methoxy groups -OCH3 is 1. The van der Waals surface area contributed by atoms with Crippen LogP contribution < -0.4 is 4.74 Å². The van der Waals surface area contributed by atoms with E-state index in [4.69, 9.17) is 4.74 Å². The van der Waals surface area contributed by atoms with Crippen LogP contribution in [0.1, 0.15) is 18.9 Å². The van der Waals surface area contributed by atoms with Crippen molar-refractivity contribution in [1.29, 1.82) is 0 Å². The van der Waals surface area contributed by atoms with Crippen LogP contribution in [-0.4, -0.2) is 54.7 Å². The first-order valence-electron chi connectivity index (χ1n) is 6.88. The van der Waals surface area contributed by atoms with E-state index in [0.29, 0.717) is 11.8 Å². The fourth-order valence-corrected chi connectivity index (χ4v) is 2.69. The number of benzene rings is 1. The first-order valence-corrected chi connectivity index (χ1v) is 6.88. The van der Waals surface area contributed by atoms with Gasteiger partial charge in [-0.1, -0.05) is 0 Å². The number of phenols is 1. The summed E-state index contributed by atoms with van der Waals surface area (Å²) in [5.74, 6) is 1.15. The van der Waals surface area contributed by atoms with Crippen molar-refractivity contribution in [2.75, 3.05) is 33.8 Å². The number of aromatic hydroxyl groups is 1. The van der Waals surface area contributed by atoms with E-state index in [1.807, 2.05) is 6.07 Å². The molecule has 0 bridgehead atoms. The van der Waals surface area contributed by atoms with Gasteiger partial charge in [-0.15, -0.1) is 0 Å². The zero-order chi connectivity index (χ0) is 13.8. The highest BCUT2D eigenvalue weighted by Crippen LogP contribution is 2.25. The summed E-state index contributed by atoms with van der Waals surface area (Å²) in [6, 6.07) is 5.93. The molecule has 1 fully saturated rings. The summed E-state index contributed by atoms with van der Waals surface area (Å²) in [5.41, 5.74) is 0.941. The Bertz CT molecular complexity index is 423. The second-order valence-corrected chi connectivity index (χ2v) is 5.43. The molecule has 1 N–H and O–H groups in total. The maximum Gasteiger partial charge on any atom is 0.120 e. The molecule has 1 aliphatic rings. The van der Waals surface area contributed by atoms with Crippen molar-refractivity contribution in [2.45, 2.75) is 25.9 Å². The summed E-state index contributed by atoms with van der Waals surface area (Å²) >= 11 is 0. The Balaban J connectivity index is 2.11. The van der Waals surface area contributed by atoms with Crippen LogP contribution in [0.4, 0.5) is 0 Å². The first kappa shape index (κ1) is 14.2. The maximum absolute atomic E-state index is 9.98. The highest BCUT2D eigenvalue weighted by atomic mass is 16.5. The second-order valence-electron chi connectivity index (χ2n) is 5.43. The molecule has 0 aliphatic carbocycles. The molecule has 1 unspecified atom stereocenters. The number of nitrogens with zero attached hydrogens (tertiary/aromatic N) is 2. The van der Waals surface area contributed by atoms with Crippen LogP contribution in [0.3, 0.4) is 0 Å². The van der Waals surface area contributed by atoms with E-state index in [2.05, 4.69) is 23.8 Å². The van der Waals surface area contributed by atoms with Crippen molar-refractivity contribution in [3.63, 3.8) is 0 Å². The van der Waals surface area contributed by atoms with E-state index in [1.54, 1.807) is 19.2 Å². The third kappa shape index (κ3) is 3.61. The van der Waals surface area contributed by atoms with Crippen LogP contribution in [0.15, 0.2) is 18.2 Å². The molecule has 0 radical (unpaired) electrons. The predicted octanol–water partition coefficient (Wildman–Crippen LogP) is 1.93. The third-order valence-electron chi connectivity index (χ3n) is 3.84. The van der Waals surface area contributed by atoms with Gasteiger partial charge in [-0.05, 0) is 45.1 Å². The van der Waals surface area contributed by atoms with Crippen molar-refractivity contribution >= 4 is 0 Å². The molecule has 1 heterocycles. The van der Waals surface area contributed by atoms with Crippen LogP contribution in [0.5, 0.6) is 11.5 Å². The minimum absolute atomic E-state index is 0.352. The Morgan fingerprint density at radius 1 is 1.37 bits per heavy atom. The van der Waals surface area contributed by atoms with E-state index in [-0.39, 0.29) is 0 Å². The van der Waals surface area contributed by atoms with Gasteiger partial charge in [-0.25, -0.2) is 0 Å². The lowest BCUT2D eigenvalue weighted by Crippen LogP contribution is -2.37. The van der Waals surface area contributed by atoms with Crippen molar-refractivity contribution < 1.29 is 9.84 Å². The molecule has 1 saturated heterocycles. The van der Waals surface area contributed by atoms with Gasteiger partial charge in [0.15, 0.2) is 0 Å². The monoisotopic (exact) mass is 264 g/mol. The smallest absolute Gasteiger partial charge is 0.120 e. The van der Waals surface area contributed by atoms with E-state index >= 15 is 0 Å². The van der Waals surface area contributed by atoms with E-state index in [1.165, 1.54) is 6.42 Å². The summed E-state index contributed by atoms with van der Waals surface area (Å²) in [4.78, 5) is 4.80. The normalized spacial score (nSPS) is 22.2. The van der Waals surface area contributed by atoms with Crippen LogP contribution in [-0.2, 0) is 6.54 Å². The molecule has 19 heavy (non-hydrogen) atoms. The van der Waals surface area contributed by atoms with Gasteiger partial charge in [0.25, 0.3) is 0 Å². The molecule has 4 nitrogen and oxygen atoms in total. The van der Waals surface area contributed by atoms with Crippen molar-refractivity contribution in [3.05, 3.63) is 23.8 Å². The average molecular weight is 264 g/mol. The summed E-state index contributed by atoms with van der Waals surface area (Å²) in [7, 11) is 3.82. The highest BCUT2D eigenvalue weighted by molar-refractivity contribution is 5.39. The molecule has 1 atom stereocenters. The van der Waals surface area contributed by atoms with Crippen LogP contribution >= 0.6 is 0 Å². The molecule has 4 heteroatoms. The molecule has 0 aromatic heterocycles. The minimum Gasteiger partial charge on any atom is -0.508 e. The largest absolute Gasteiger partial charge is 0.508 e. The maximum atomic E-state index is 9.98. The molecule has 1 aromatic carbocycles. The Hall–Kier alpha value is -1.26. The van der Waals surface area contributed by atoms with Crippen LogP contribution in [0.2, 0.25) is 0 Å². The second kappa shape index (κ2) is 6.26. The number of likely N-dealkylation sites (N-methyl/N-ethyl adjacent to an activating group) is 1. The van der Waals surface area contributed by atoms with Crippen molar-refractivity contribution in [2.24, 2.45) is 0 Å². The van der Waals surface area contributed by atoms with Gasteiger partial charge in [0, 0.05) is 31.2 Å². The van der Waals surface area contributed by atoms with Gasteiger partial charge in [-0.2, -0.15) is 0 Å². The lowest BCUT2D eigenvalue weighted by molar-refractivity contribution is 0.192. The van der Waals surface area contributed by atoms with E-state index in [0.717, 1.165) is 37.5 Å². The zero-order valence-corrected chi connectivity index (χ0v) is 12.1. The first-order chi connectivity index (χ1) is 9.10. The van der Waals surface area contributed by atoms with Gasteiger partial charge in [0.1, 0.15) is 11.5 Å². The summed E-state index contributed by atoms with van der Waals surface area (Å²) in [6.45, 7) is 6.31. The quantitative estimate of drug-likeness (QED) is 0.905. The van der Waals surface area contributed by atoms with Crippen LogP contribution in [0, 0.1) is 0 Å². The molecule has 1 aromatic rings. The number of hydrogen-bond donors (Lipinski definition) is 1. The highest BCUT2D eigenvalue weighted by Gasteiger charge is 2.20. The molecule has 1 aliphatic heterocycles. The summed E-state index contributed by atoms with van der Waals surface area (Å²) in [5, 5.41) is 9.98. The van der Waals surface area contributed by atoms with Crippen molar-refractivity contribution in [1.82, 2.24) is 9.80 Å². The van der Waals surface area contributed by atoms with E-state index < -0.39 is 0 Å². The van der Waals surface area contributed by atoms with Gasteiger partial charge >= 0.3 is 0 Å². The molecule has 0 saturated carbocycles. The summed E-state index contributed by atoms with van der Waals surface area (Å²) < 4.78 is 5.23. The molecule has 0 amide bonds. The standard InChI is InChI=1S/C15H24N2O2/c1-12-10-16(2)7-4-8-17(12)11-13-9-14(19-3)5-6-15(13)18/h5-6,9,12,18H,4,7-8,10-11H2,1-3H3. The minimum atomic E-state index is 0.352. The van der Waals surface area contributed by atoms with Crippen molar-refractivity contribution in [3.8, 4) is 11.5 Å². The number of phenolic OH excluding ortho intramolecular Hbond substituents is 1. The number of ether oxygens (including phenoxy) is 1. The Morgan fingerprint density at radius 2 is 2.16 bits per heavy atom. The number of rotatable bonds is 3. The Morgan fingerprint density at radius 3 is 2.89 bits per heavy atom. The lowest BCUT2D eigenvalue weighted by Gasteiger charge is -2.28. The SMILES string of the molecule is COc1ccc(O)c(CN2CCCN(C)CC2C)c1. The van der Waals surface area contributed by atoms with Gasteiger partial charge in [0.05, 0.1) is 7.11 Å². The molecular weight excluding hydrogens is 240 g/mol. The topological polar surface area (TPSA) is 35.9 Å². The lowest BCUT2D eigenvalue weighted by atomic mass is 10.1. The fourth-order valence-electron chi connectivity index (χ4n) is 2.69. The Kier molecular flexibility index (Phi) is 4.66. The molecule has 0 spiro atoms. The molecule has 106 valence electrons.